The number of fused-ring (bicyclic) bond motifs is 5. The Morgan fingerprint density at radius 3 is 2.70 bits per heavy atom. The number of aromatic nitrogens is 1. The molecular weight excluding hydrogens is 510 g/mol. The fourth-order valence-corrected chi connectivity index (χ4v) is 6.22. The number of barbiturate groups is 1. The van der Waals surface area contributed by atoms with E-state index < -0.39 is 35.4 Å². The largest absolute Gasteiger partial charge is 0.447 e. The molecule has 2 unspecified atom stereocenters. The van der Waals surface area contributed by atoms with Crippen LogP contribution in [0.3, 0.4) is 0 Å². The average Bonchev–Trinajstić information content (AvgIpc) is 3.43. The SMILES string of the molecule is C[C@@H]1CN2c3c(cc4c(N5C(=O)OCC5CCCO)noc4c3Cl)CC3(C(=O)NC(=O)NC3=O)C2CO1. The quantitative estimate of drug-likeness (QED) is 0.484. The summed E-state index contributed by atoms with van der Waals surface area (Å²) in [7, 11) is 0. The van der Waals surface area contributed by atoms with Gasteiger partial charge in [-0.3, -0.25) is 25.1 Å². The maximum Gasteiger partial charge on any atom is 0.416 e. The molecule has 0 radical (unpaired) electrons. The van der Waals surface area contributed by atoms with Crippen molar-refractivity contribution in [1.82, 2.24) is 15.8 Å². The second-order valence-corrected chi connectivity index (χ2v) is 10.1. The van der Waals surface area contributed by atoms with Crippen molar-refractivity contribution in [1.29, 1.82) is 0 Å². The first-order valence-corrected chi connectivity index (χ1v) is 12.4. The van der Waals surface area contributed by atoms with E-state index in [1.807, 2.05) is 11.8 Å². The fraction of sp³-hybridized carbons (Fsp3) is 0.522. The molecule has 2 aromatic rings. The molecule has 1 spiro atoms. The Labute approximate surface area is 214 Å². The number of morpholine rings is 1. The van der Waals surface area contributed by atoms with Crippen molar-refractivity contribution < 1.29 is 38.3 Å². The summed E-state index contributed by atoms with van der Waals surface area (Å²) in [5.74, 6) is -1.23. The Hall–Kier alpha value is -3.42. The minimum absolute atomic E-state index is 0.0364. The van der Waals surface area contributed by atoms with Gasteiger partial charge in [-0.2, -0.15) is 0 Å². The van der Waals surface area contributed by atoms with Crippen molar-refractivity contribution in [2.24, 2.45) is 5.41 Å². The van der Waals surface area contributed by atoms with Gasteiger partial charge in [-0.15, -0.1) is 0 Å². The predicted octanol–water partition coefficient (Wildman–Crippen LogP) is 1.08. The van der Waals surface area contributed by atoms with E-state index in [4.69, 9.17) is 25.6 Å². The van der Waals surface area contributed by atoms with Gasteiger partial charge in [-0.25, -0.2) is 9.59 Å². The zero-order chi connectivity index (χ0) is 26.1. The van der Waals surface area contributed by atoms with Crippen LogP contribution in [0.1, 0.15) is 25.3 Å². The number of cyclic esters (lactones) is 1. The smallest absolute Gasteiger partial charge is 0.416 e. The van der Waals surface area contributed by atoms with Gasteiger partial charge in [0.1, 0.15) is 11.6 Å². The van der Waals surface area contributed by atoms with Gasteiger partial charge in [0.05, 0.1) is 35.9 Å². The first-order valence-electron chi connectivity index (χ1n) is 12.0. The number of hydrogen-bond donors (Lipinski definition) is 3. The van der Waals surface area contributed by atoms with Gasteiger partial charge in [-0.05, 0) is 37.8 Å². The maximum absolute atomic E-state index is 13.3. The summed E-state index contributed by atoms with van der Waals surface area (Å²) in [5, 5.41) is 18.5. The molecule has 14 heteroatoms. The third-order valence-corrected chi connectivity index (χ3v) is 7.93. The number of aliphatic hydroxyl groups excluding tert-OH is 1. The normalized spacial score (nSPS) is 26.7. The van der Waals surface area contributed by atoms with Gasteiger partial charge in [0, 0.05) is 13.2 Å². The summed E-state index contributed by atoms with van der Waals surface area (Å²) in [6.45, 7) is 2.37. The number of anilines is 2. The molecule has 5 heterocycles. The van der Waals surface area contributed by atoms with Crippen molar-refractivity contribution in [3.8, 4) is 0 Å². The summed E-state index contributed by atoms with van der Waals surface area (Å²) < 4.78 is 16.7. The third-order valence-electron chi connectivity index (χ3n) is 7.58. The lowest BCUT2D eigenvalue weighted by Crippen LogP contribution is -2.73. The van der Waals surface area contributed by atoms with Crippen molar-refractivity contribution in [3.63, 3.8) is 0 Å². The summed E-state index contributed by atoms with van der Waals surface area (Å²) in [5.41, 5.74) is -0.254. The number of aliphatic hydroxyl groups is 1. The lowest BCUT2D eigenvalue weighted by Gasteiger charge is -2.53. The van der Waals surface area contributed by atoms with Crippen LogP contribution in [0.2, 0.25) is 5.02 Å². The summed E-state index contributed by atoms with van der Waals surface area (Å²) in [6.07, 6.45) is 0.0610. The number of ether oxygens (including phenoxy) is 2. The van der Waals surface area contributed by atoms with E-state index in [2.05, 4.69) is 15.8 Å². The zero-order valence-corrected chi connectivity index (χ0v) is 20.5. The number of rotatable bonds is 4. The predicted molar refractivity (Wildman–Crippen MR) is 127 cm³/mol. The van der Waals surface area contributed by atoms with Crippen LogP contribution in [0.25, 0.3) is 11.0 Å². The Bertz CT molecular complexity index is 1320. The Kier molecular flexibility index (Phi) is 5.55. The number of imide groups is 2. The number of nitrogens with one attached hydrogen (secondary N) is 2. The molecule has 3 fully saturated rings. The Morgan fingerprint density at radius 2 is 1.97 bits per heavy atom. The van der Waals surface area contributed by atoms with Gasteiger partial charge in [0.25, 0.3) is 0 Å². The zero-order valence-electron chi connectivity index (χ0n) is 19.8. The minimum atomic E-state index is -1.65. The highest BCUT2D eigenvalue weighted by Gasteiger charge is 2.61. The van der Waals surface area contributed by atoms with Crippen LogP contribution in [0.5, 0.6) is 0 Å². The monoisotopic (exact) mass is 533 g/mol. The van der Waals surface area contributed by atoms with Crippen LogP contribution < -0.4 is 20.4 Å². The number of nitrogens with zero attached hydrogens (tertiary/aromatic N) is 3. The van der Waals surface area contributed by atoms with Gasteiger partial charge >= 0.3 is 12.1 Å². The van der Waals surface area contributed by atoms with E-state index in [1.165, 1.54) is 4.90 Å². The summed E-state index contributed by atoms with van der Waals surface area (Å²) in [6, 6.07) is -0.247. The van der Waals surface area contributed by atoms with Gasteiger partial charge in [0.15, 0.2) is 16.8 Å². The molecule has 0 bridgehead atoms. The number of benzene rings is 1. The highest BCUT2D eigenvalue weighted by atomic mass is 35.5. The third kappa shape index (κ3) is 3.41. The van der Waals surface area contributed by atoms with Crippen LogP contribution in [-0.2, 0) is 25.5 Å². The van der Waals surface area contributed by atoms with Crippen molar-refractivity contribution in [3.05, 3.63) is 16.7 Å². The lowest BCUT2D eigenvalue weighted by molar-refractivity contribution is -0.149. The fourth-order valence-electron chi connectivity index (χ4n) is 5.85. The number of carbonyl (C=O) groups is 4. The van der Waals surface area contributed by atoms with Crippen molar-refractivity contribution in [2.45, 2.75) is 44.4 Å². The molecule has 5 amide bonds. The first kappa shape index (κ1) is 23.9. The summed E-state index contributed by atoms with van der Waals surface area (Å²) >= 11 is 6.89. The Balaban J connectivity index is 1.51. The number of hydrogen-bond acceptors (Lipinski definition) is 10. The van der Waals surface area contributed by atoms with Crippen LogP contribution in [0, 0.1) is 5.41 Å². The van der Waals surface area contributed by atoms with E-state index in [9.17, 15) is 24.3 Å². The number of halogens is 1. The van der Waals surface area contributed by atoms with Crippen molar-refractivity contribution in [2.75, 3.05) is 36.2 Å². The van der Waals surface area contributed by atoms with E-state index in [1.54, 1.807) is 6.07 Å². The molecule has 3 atom stereocenters. The van der Waals surface area contributed by atoms with E-state index in [0.29, 0.717) is 36.0 Å². The standard InChI is InChI=1S/C23H24ClN5O8/c1-10-7-28-14(9-35-10)23(19(31)25-21(33)26-20(23)32)6-11-5-13-17(15(24)16(11)28)37-27-18(13)29-12(3-2-4-30)8-36-22(29)34/h5,10,12,14,30H,2-4,6-9H2,1H3,(H2,25,26,31,32,33)/t10-,12?,14?/m1/s1. The molecule has 1 aromatic heterocycles. The molecule has 37 heavy (non-hydrogen) atoms. The van der Waals surface area contributed by atoms with Crippen LogP contribution in [0.4, 0.5) is 21.1 Å². The molecule has 4 aliphatic rings. The van der Waals surface area contributed by atoms with Crippen molar-refractivity contribution >= 4 is 58.0 Å². The lowest BCUT2D eigenvalue weighted by atomic mass is 9.68. The van der Waals surface area contributed by atoms with E-state index in [-0.39, 0.29) is 54.8 Å². The highest BCUT2D eigenvalue weighted by Crippen LogP contribution is 2.50. The highest BCUT2D eigenvalue weighted by molar-refractivity contribution is 6.38. The maximum atomic E-state index is 13.3. The summed E-state index contributed by atoms with van der Waals surface area (Å²) in [4.78, 5) is 54.3. The molecule has 13 nitrogen and oxygen atoms in total. The van der Waals surface area contributed by atoms with Gasteiger partial charge < -0.3 is 24.0 Å². The van der Waals surface area contributed by atoms with Gasteiger partial charge in [-0.1, -0.05) is 16.8 Å². The van der Waals surface area contributed by atoms with Crippen LogP contribution in [-0.4, -0.2) is 78.8 Å². The first-order chi connectivity index (χ1) is 17.8. The molecule has 3 N–H and O–H groups in total. The topological polar surface area (TPSA) is 164 Å². The second kappa shape index (κ2) is 8.57. The minimum Gasteiger partial charge on any atom is -0.447 e. The van der Waals surface area contributed by atoms with Crippen LogP contribution in [0.15, 0.2) is 10.6 Å². The molecule has 0 aliphatic carbocycles. The molecule has 196 valence electrons. The van der Waals surface area contributed by atoms with Crippen LogP contribution >= 0.6 is 11.6 Å². The van der Waals surface area contributed by atoms with E-state index >= 15 is 0 Å². The molecule has 1 aromatic carbocycles. The van der Waals surface area contributed by atoms with E-state index in [0.717, 1.165) is 0 Å². The number of carbonyl (C=O) groups excluding carboxylic acids is 4. The Morgan fingerprint density at radius 1 is 1.22 bits per heavy atom. The molecule has 3 saturated heterocycles. The number of urea groups is 1. The number of amides is 5. The molecule has 6 rings (SSSR count). The second-order valence-electron chi connectivity index (χ2n) is 9.75. The average molecular weight is 534 g/mol. The van der Waals surface area contributed by atoms with Gasteiger partial charge in [0.2, 0.25) is 11.8 Å². The molecular formula is C23H24ClN5O8. The molecule has 0 saturated carbocycles. The molecule has 4 aliphatic heterocycles.